The Morgan fingerprint density at radius 2 is 1.93 bits per heavy atom. The number of anilines is 1. The van der Waals surface area contributed by atoms with Crippen molar-refractivity contribution in [3.8, 4) is 11.5 Å². The number of sulfonamides is 1. The molecule has 1 aliphatic heterocycles. The average Bonchev–Trinajstić information content (AvgIpc) is 2.87. The van der Waals surface area contributed by atoms with Crippen molar-refractivity contribution < 1.29 is 22.7 Å². The summed E-state index contributed by atoms with van der Waals surface area (Å²) < 4.78 is 36.8. The molecule has 1 atom stereocenters. The second kappa shape index (κ2) is 8.52. The van der Waals surface area contributed by atoms with Crippen molar-refractivity contribution >= 4 is 21.6 Å². The fraction of sp³-hybridized carbons (Fsp3) is 0.350. The van der Waals surface area contributed by atoms with Crippen molar-refractivity contribution in [3.05, 3.63) is 54.1 Å². The number of nitrogens with one attached hydrogen (secondary N) is 1. The number of amides is 1. The van der Waals surface area contributed by atoms with E-state index in [4.69, 9.17) is 9.47 Å². The molecule has 7 nitrogen and oxygen atoms in total. The quantitative estimate of drug-likeness (QED) is 0.799. The van der Waals surface area contributed by atoms with Crippen LogP contribution in [0, 0.1) is 0 Å². The van der Waals surface area contributed by atoms with Gasteiger partial charge in [0.1, 0.15) is 11.5 Å². The van der Waals surface area contributed by atoms with Gasteiger partial charge in [-0.3, -0.25) is 9.10 Å². The first-order valence-corrected chi connectivity index (χ1v) is 11.0. The Hall–Kier alpha value is -2.74. The number of hydrogen-bond donors (Lipinski definition) is 1. The predicted octanol–water partition coefficient (Wildman–Crippen LogP) is 2.32. The highest BCUT2D eigenvalue weighted by Gasteiger charge is 2.30. The Kier molecular flexibility index (Phi) is 6.08. The number of rotatable bonds is 6. The fourth-order valence-corrected chi connectivity index (χ4v) is 3.98. The Balaban J connectivity index is 1.68. The SMILES string of the molecule is CCOc1ccc(CNC(=O)[C@@H]2CCN(S(C)(=O)=O)c3ccccc3O2)cc1. The van der Waals surface area contributed by atoms with Crippen molar-refractivity contribution in [3.63, 3.8) is 0 Å². The van der Waals surface area contributed by atoms with Gasteiger partial charge in [0.05, 0.1) is 18.6 Å². The van der Waals surface area contributed by atoms with Crippen LogP contribution in [0.3, 0.4) is 0 Å². The lowest BCUT2D eigenvalue weighted by Gasteiger charge is -2.20. The summed E-state index contributed by atoms with van der Waals surface area (Å²) in [6.45, 7) is 3.05. The summed E-state index contributed by atoms with van der Waals surface area (Å²) in [5.41, 5.74) is 1.38. The molecule has 8 heteroatoms. The summed E-state index contributed by atoms with van der Waals surface area (Å²) in [6, 6.07) is 14.3. The highest BCUT2D eigenvalue weighted by Crippen LogP contribution is 2.33. The van der Waals surface area contributed by atoms with Gasteiger partial charge in [-0.1, -0.05) is 24.3 Å². The van der Waals surface area contributed by atoms with Crippen LogP contribution < -0.4 is 19.1 Å². The fourth-order valence-electron chi connectivity index (χ4n) is 3.03. The van der Waals surface area contributed by atoms with Crippen molar-refractivity contribution in [2.45, 2.75) is 26.0 Å². The molecule has 0 saturated heterocycles. The van der Waals surface area contributed by atoms with Gasteiger partial charge in [0, 0.05) is 19.5 Å². The van der Waals surface area contributed by atoms with Gasteiger partial charge >= 0.3 is 0 Å². The summed E-state index contributed by atoms with van der Waals surface area (Å²) >= 11 is 0. The molecule has 0 unspecified atom stereocenters. The lowest BCUT2D eigenvalue weighted by Crippen LogP contribution is -2.39. The lowest BCUT2D eigenvalue weighted by atomic mass is 10.2. The van der Waals surface area contributed by atoms with Gasteiger partial charge in [0.15, 0.2) is 6.10 Å². The third-order valence-electron chi connectivity index (χ3n) is 4.39. The zero-order valence-corrected chi connectivity index (χ0v) is 16.7. The number of benzene rings is 2. The van der Waals surface area contributed by atoms with E-state index in [-0.39, 0.29) is 18.9 Å². The normalized spacial score (nSPS) is 16.5. The van der Waals surface area contributed by atoms with Crippen LogP contribution in [0.2, 0.25) is 0 Å². The minimum absolute atomic E-state index is 0.178. The first-order valence-electron chi connectivity index (χ1n) is 9.11. The van der Waals surface area contributed by atoms with Crippen molar-refractivity contribution in [1.82, 2.24) is 5.32 Å². The molecule has 28 heavy (non-hydrogen) atoms. The van der Waals surface area contributed by atoms with Gasteiger partial charge in [0.2, 0.25) is 10.0 Å². The topological polar surface area (TPSA) is 84.9 Å². The molecular formula is C20H24N2O5S. The molecule has 2 aromatic rings. The molecule has 0 spiro atoms. The van der Waals surface area contributed by atoms with Crippen LogP contribution in [0.4, 0.5) is 5.69 Å². The van der Waals surface area contributed by atoms with Crippen LogP contribution in [0.1, 0.15) is 18.9 Å². The van der Waals surface area contributed by atoms with Crippen molar-refractivity contribution in [1.29, 1.82) is 0 Å². The number of para-hydroxylation sites is 2. The lowest BCUT2D eigenvalue weighted by molar-refractivity contribution is -0.128. The van der Waals surface area contributed by atoms with Crippen molar-refractivity contribution in [2.24, 2.45) is 0 Å². The van der Waals surface area contributed by atoms with E-state index in [1.807, 2.05) is 31.2 Å². The molecule has 1 amide bonds. The first-order chi connectivity index (χ1) is 13.4. The molecule has 0 saturated carbocycles. The molecular weight excluding hydrogens is 380 g/mol. The second-order valence-corrected chi connectivity index (χ2v) is 8.40. The second-order valence-electron chi connectivity index (χ2n) is 6.49. The van der Waals surface area contributed by atoms with Crippen molar-refractivity contribution in [2.75, 3.05) is 23.7 Å². The number of ether oxygens (including phenoxy) is 2. The molecule has 0 fully saturated rings. The first kappa shape index (κ1) is 20.0. The van der Waals surface area contributed by atoms with Crippen LogP contribution in [0.15, 0.2) is 48.5 Å². The molecule has 1 heterocycles. The molecule has 0 aromatic heterocycles. The van der Waals surface area contributed by atoms with Crippen LogP contribution in [0.5, 0.6) is 11.5 Å². The van der Waals surface area contributed by atoms with Gasteiger partial charge in [-0.15, -0.1) is 0 Å². The summed E-state index contributed by atoms with van der Waals surface area (Å²) in [5, 5.41) is 2.86. The van der Waals surface area contributed by atoms with E-state index in [0.717, 1.165) is 17.6 Å². The summed E-state index contributed by atoms with van der Waals surface area (Å²) in [4.78, 5) is 12.6. The number of fused-ring (bicyclic) bond motifs is 1. The number of carbonyl (C=O) groups excluding carboxylic acids is 1. The zero-order valence-electron chi connectivity index (χ0n) is 15.9. The van der Waals surface area contributed by atoms with E-state index in [1.165, 1.54) is 4.31 Å². The van der Waals surface area contributed by atoms with E-state index in [1.54, 1.807) is 24.3 Å². The predicted molar refractivity (Wildman–Crippen MR) is 107 cm³/mol. The Morgan fingerprint density at radius 3 is 2.61 bits per heavy atom. The summed E-state index contributed by atoms with van der Waals surface area (Å²) in [6.07, 6.45) is 0.642. The molecule has 3 rings (SSSR count). The maximum atomic E-state index is 12.6. The number of carbonyl (C=O) groups is 1. The Labute approximate surface area is 165 Å². The molecule has 0 aliphatic carbocycles. The van der Waals surface area contributed by atoms with Crippen LogP contribution in [-0.4, -0.2) is 39.8 Å². The van der Waals surface area contributed by atoms with E-state index in [9.17, 15) is 13.2 Å². The highest BCUT2D eigenvalue weighted by atomic mass is 32.2. The maximum Gasteiger partial charge on any atom is 0.261 e. The Bertz CT molecular complexity index is 928. The van der Waals surface area contributed by atoms with E-state index < -0.39 is 16.1 Å². The number of nitrogens with zero attached hydrogens (tertiary/aromatic N) is 1. The van der Waals surface area contributed by atoms with Crippen LogP contribution >= 0.6 is 0 Å². The number of hydrogen-bond acceptors (Lipinski definition) is 5. The van der Waals surface area contributed by atoms with Gasteiger partial charge in [-0.25, -0.2) is 8.42 Å². The molecule has 2 aromatic carbocycles. The molecule has 0 radical (unpaired) electrons. The third-order valence-corrected chi connectivity index (χ3v) is 5.57. The average molecular weight is 404 g/mol. The van der Waals surface area contributed by atoms with E-state index in [2.05, 4.69) is 5.32 Å². The maximum absolute atomic E-state index is 12.6. The molecule has 1 aliphatic rings. The molecule has 150 valence electrons. The monoisotopic (exact) mass is 404 g/mol. The van der Waals surface area contributed by atoms with E-state index >= 15 is 0 Å². The highest BCUT2D eigenvalue weighted by molar-refractivity contribution is 7.92. The smallest absolute Gasteiger partial charge is 0.261 e. The van der Waals surface area contributed by atoms with Gasteiger partial charge < -0.3 is 14.8 Å². The third kappa shape index (κ3) is 4.75. The molecule has 1 N–H and O–H groups in total. The van der Waals surface area contributed by atoms with E-state index in [0.29, 0.717) is 24.6 Å². The Morgan fingerprint density at radius 1 is 1.21 bits per heavy atom. The standard InChI is InChI=1S/C20H24N2O5S/c1-3-26-16-10-8-15(9-11-16)14-21-20(23)19-12-13-22(28(2,24)25)17-6-4-5-7-18(17)27-19/h4-11,19H,3,12-14H2,1-2H3,(H,21,23)/t19-/m0/s1. The van der Waals surface area contributed by atoms with Gasteiger partial charge in [0.25, 0.3) is 5.91 Å². The van der Waals surface area contributed by atoms with Gasteiger partial charge in [-0.2, -0.15) is 0 Å². The van der Waals surface area contributed by atoms with Crippen LogP contribution in [-0.2, 0) is 21.4 Å². The van der Waals surface area contributed by atoms with Crippen LogP contribution in [0.25, 0.3) is 0 Å². The largest absolute Gasteiger partial charge is 0.494 e. The minimum Gasteiger partial charge on any atom is -0.494 e. The molecule has 0 bridgehead atoms. The summed E-state index contributed by atoms with van der Waals surface area (Å²) in [7, 11) is -3.47. The minimum atomic E-state index is -3.47. The summed E-state index contributed by atoms with van der Waals surface area (Å²) in [5.74, 6) is 0.882. The zero-order chi connectivity index (χ0) is 20.1. The van der Waals surface area contributed by atoms with Gasteiger partial charge in [-0.05, 0) is 36.8 Å².